The number of methoxy groups -OCH3 is 1. The van der Waals surface area contributed by atoms with Crippen LogP contribution >= 0.6 is 11.3 Å². The van der Waals surface area contributed by atoms with Crippen molar-refractivity contribution in [1.29, 1.82) is 0 Å². The molecule has 4 nitrogen and oxygen atoms in total. The summed E-state index contributed by atoms with van der Waals surface area (Å²) < 4.78 is 5.00. The van der Waals surface area contributed by atoms with E-state index in [2.05, 4.69) is 19.2 Å². The first-order valence-corrected chi connectivity index (χ1v) is 10.4. The Kier molecular flexibility index (Phi) is 7.48. The van der Waals surface area contributed by atoms with Gasteiger partial charge in [-0.25, -0.2) is 4.79 Å². The third kappa shape index (κ3) is 4.63. The SMILES string of the molecule is CCCC[C@@H](CC)C(=O)Nc1sc2c(c1C(=O)OC)CC[C@@H](CC)C2. The second-order valence-electron chi connectivity index (χ2n) is 6.95. The summed E-state index contributed by atoms with van der Waals surface area (Å²) in [5, 5.41) is 3.74. The Labute approximate surface area is 155 Å². The molecule has 5 heteroatoms. The summed E-state index contributed by atoms with van der Waals surface area (Å²) in [5.74, 6) is 0.386. The number of esters is 1. The van der Waals surface area contributed by atoms with Gasteiger partial charge in [-0.05, 0) is 43.6 Å². The van der Waals surface area contributed by atoms with Crippen LogP contribution in [0.4, 0.5) is 5.00 Å². The molecule has 0 fully saturated rings. The van der Waals surface area contributed by atoms with E-state index in [-0.39, 0.29) is 17.8 Å². The maximum absolute atomic E-state index is 12.7. The summed E-state index contributed by atoms with van der Waals surface area (Å²) in [4.78, 5) is 26.3. The van der Waals surface area contributed by atoms with Gasteiger partial charge >= 0.3 is 5.97 Å². The number of fused-ring (bicyclic) bond motifs is 1. The summed E-state index contributed by atoms with van der Waals surface area (Å²) in [6, 6.07) is 0. The van der Waals surface area contributed by atoms with Gasteiger partial charge in [-0.2, -0.15) is 0 Å². The molecule has 1 aliphatic carbocycles. The number of amides is 1. The van der Waals surface area contributed by atoms with Crippen LogP contribution < -0.4 is 5.32 Å². The molecular formula is C20H31NO3S. The molecule has 25 heavy (non-hydrogen) atoms. The number of anilines is 1. The Hall–Kier alpha value is -1.36. The monoisotopic (exact) mass is 365 g/mol. The molecule has 0 radical (unpaired) electrons. The van der Waals surface area contributed by atoms with Gasteiger partial charge < -0.3 is 10.1 Å². The second-order valence-corrected chi connectivity index (χ2v) is 8.06. The molecular weight excluding hydrogens is 334 g/mol. The summed E-state index contributed by atoms with van der Waals surface area (Å²) in [6.45, 7) is 6.40. The van der Waals surface area contributed by atoms with E-state index in [1.165, 1.54) is 12.0 Å². The van der Waals surface area contributed by atoms with Gasteiger partial charge in [0.05, 0.1) is 12.7 Å². The zero-order valence-electron chi connectivity index (χ0n) is 15.9. The molecule has 0 aliphatic heterocycles. The number of rotatable bonds is 8. The van der Waals surface area contributed by atoms with Crippen LogP contribution in [0, 0.1) is 11.8 Å². The van der Waals surface area contributed by atoms with Gasteiger partial charge in [0.25, 0.3) is 0 Å². The van der Waals surface area contributed by atoms with Crippen LogP contribution in [-0.4, -0.2) is 19.0 Å². The normalized spacial score (nSPS) is 17.7. The Morgan fingerprint density at radius 1 is 1.32 bits per heavy atom. The van der Waals surface area contributed by atoms with Crippen LogP contribution in [-0.2, 0) is 22.4 Å². The van der Waals surface area contributed by atoms with Gasteiger partial charge in [0.2, 0.25) is 5.91 Å². The predicted molar refractivity (Wildman–Crippen MR) is 103 cm³/mol. The molecule has 1 N–H and O–H groups in total. The third-order valence-corrected chi connectivity index (χ3v) is 6.51. The smallest absolute Gasteiger partial charge is 0.341 e. The van der Waals surface area contributed by atoms with Crippen LogP contribution in [0.2, 0.25) is 0 Å². The number of carbonyl (C=O) groups is 2. The molecule has 1 aliphatic rings. The van der Waals surface area contributed by atoms with Crippen LogP contribution in [0.1, 0.15) is 80.1 Å². The Balaban J connectivity index is 2.26. The highest BCUT2D eigenvalue weighted by molar-refractivity contribution is 7.17. The number of hydrogen-bond acceptors (Lipinski definition) is 4. The van der Waals surface area contributed by atoms with Crippen molar-refractivity contribution in [3.8, 4) is 0 Å². The minimum absolute atomic E-state index is 0.00738. The van der Waals surface area contributed by atoms with E-state index < -0.39 is 0 Å². The molecule has 0 saturated heterocycles. The zero-order chi connectivity index (χ0) is 18.4. The second kappa shape index (κ2) is 9.37. The van der Waals surface area contributed by atoms with E-state index in [1.807, 2.05) is 6.92 Å². The van der Waals surface area contributed by atoms with Gasteiger partial charge in [-0.1, -0.05) is 40.0 Å². The number of carbonyl (C=O) groups excluding carboxylic acids is 2. The van der Waals surface area contributed by atoms with Crippen molar-refractivity contribution in [2.75, 3.05) is 12.4 Å². The average molecular weight is 366 g/mol. The first-order valence-electron chi connectivity index (χ1n) is 9.59. The van der Waals surface area contributed by atoms with Crippen molar-refractivity contribution in [2.45, 2.75) is 72.1 Å². The number of thiophene rings is 1. The van der Waals surface area contributed by atoms with E-state index >= 15 is 0 Å². The van der Waals surface area contributed by atoms with Crippen LogP contribution in [0.5, 0.6) is 0 Å². The van der Waals surface area contributed by atoms with Gasteiger partial charge in [0.1, 0.15) is 5.00 Å². The fourth-order valence-corrected chi connectivity index (χ4v) is 4.95. The standard InChI is InChI=1S/C20H31NO3S/c1-5-8-9-14(7-3)18(22)21-19-17(20(23)24-4)15-11-10-13(6-2)12-16(15)25-19/h13-14H,5-12H2,1-4H3,(H,21,22)/t13-,14-/m1/s1. The Morgan fingerprint density at radius 3 is 2.68 bits per heavy atom. The molecule has 0 aromatic carbocycles. The van der Waals surface area contributed by atoms with E-state index in [0.717, 1.165) is 56.9 Å². The maximum atomic E-state index is 12.7. The molecule has 1 amide bonds. The molecule has 0 unspecified atom stereocenters. The average Bonchev–Trinajstić information content (AvgIpc) is 2.98. The van der Waals surface area contributed by atoms with Gasteiger partial charge in [0.15, 0.2) is 0 Å². The van der Waals surface area contributed by atoms with E-state index in [4.69, 9.17) is 4.74 Å². The molecule has 2 rings (SSSR count). The largest absolute Gasteiger partial charge is 0.465 e. The Bertz CT molecular complexity index is 608. The van der Waals surface area contributed by atoms with Gasteiger partial charge in [0, 0.05) is 10.8 Å². The first kappa shape index (κ1) is 20.0. The number of unbranched alkanes of at least 4 members (excludes halogenated alkanes) is 1. The Morgan fingerprint density at radius 2 is 2.08 bits per heavy atom. The minimum atomic E-state index is -0.329. The van der Waals surface area contributed by atoms with Gasteiger partial charge in [-0.3, -0.25) is 4.79 Å². The fourth-order valence-electron chi connectivity index (χ4n) is 3.59. The molecule has 1 aromatic heterocycles. The minimum Gasteiger partial charge on any atom is -0.465 e. The molecule has 2 atom stereocenters. The lowest BCUT2D eigenvalue weighted by Gasteiger charge is -2.20. The first-order chi connectivity index (χ1) is 12.0. The van der Waals surface area contributed by atoms with Crippen LogP contribution in [0.15, 0.2) is 0 Å². The summed E-state index contributed by atoms with van der Waals surface area (Å²) >= 11 is 1.57. The highest BCUT2D eigenvalue weighted by Gasteiger charge is 2.30. The van der Waals surface area contributed by atoms with Crippen molar-refractivity contribution in [3.05, 3.63) is 16.0 Å². The van der Waals surface area contributed by atoms with E-state index in [9.17, 15) is 9.59 Å². The van der Waals surface area contributed by atoms with Crippen LogP contribution in [0.25, 0.3) is 0 Å². The molecule has 0 spiro atoms. The van der Waals surface area contributed by atoms with Crippen molar-refractivity contribution >= 4 is 28.2 Å². The highest BCUT2D eigenvalue weighted by atomic mass is 32.1. The highest BCUT2D eigenvalue weighted by Crippen LogP contribution is 2.41. The van der Waals surface area contributed by atoms with Crippen molar-refractivity contribution in [1.82, 2.24) is 0 Å². The summed E-state index contributed by atoms with van der Waals surface area (Å²) in [5.41, 5.74) is 1.69. The van der Waals surface area contributed by atoms with Crippen LogP contribution in [0.3, 0.4) is 0 Å². The molecule has 1 heterocycles. The third-order valence-electron chi connectivity index (χ3n) is 5.34. The lowest BCUT2D eigenvalue weighted by atomic mass is 9.85. The lowest BCUT2D eigenvalue weighted by molar-refractivity contribution is -0.120. The number of nitrogens with one attached hydrogen (secondary N) is 1. The number of hydrogen-bond donors (Lipinski definition) is 1. The van der Waals surface area contributed by atoms with Gasteiger partial charge in [-0.15, -0.1) is 11.3 Å². The van der Waals surface area contributed by atoms with Crippen molar-refractivity contribution < 1.29 is 14.3 Å². The molecule has 0 bridgehead atoms. The van der Waals surface area contributed by atoms with E-state index in [0.29, 0.717) is 16.5 Å². The van der Waals surface area contributed by atoms with E-state index in [1.54, 1.807) is 11.3 Å². The quantitative estimate of drug-likeness (QED) is 0.644. The zero-order valence-corrected chi connectivity index (χ0v) is 16.8. The van der Waals surface area contributed by atoms with Crippen molar-refractivity contribution in [2.24, 2.45) is 11.8 Å². The fraction of sp³-hybridized carbons (Fsp3) is 0.700. The summed E-state index contributed by atoms with van der Waals surface area (Å²) in [6.07, 6.45) is 8.02. The maximum Gasteiger partial charge on any atom is 0.341 e. The van der Waals surface area contributed by atoms with Crippen molar-refractivity contribution in [3.63, 3.8) is 0 Å². The molecule has 1 aromatic rings. The number of ether oxygens (including phenoxy) is 1. The molecule has 140 valence electrons. The predicted octanol–water partition coefficient (Wildman–Crippen LogP) is 5.20. The lowest BCUT2D eigenvalue weighted by Crippen LogP contribution is -2.23. The topological polar surface area (TPSA) is 55.4 Å². The summed E-state index contributed by atoms with van der Waals surface area (Å²) in [7, 11) is 1.41. The molecule has 0 saturated carbocycles.